The highest BCUT2D eigenvalue weighted by atomic mass is 35.5. The average Bonchev–Trinajstić information content (AvgIpc) is 3.01. The number of aromatic nitrogens is 1. The highest BCUT2D eigenvalue weighted by Crippen LogP contribution is 2.26. The van der Waals surface area contributed by atoms with E-state index >= 15 is 0 Å². The monoisotopic (exact) mass is 299 g/mol. The first kappa shape index (κ1) is 14.1. The molecular weight excluding hydrogens is 282 g/mol. The molecule has 0 amide bonds. The van der Waals surface area contributed by atoms with Crippen molar-refractivity contribution in [2.45, 2.75) is 25.3 Å². The van der Waals surface area contributed by atoms with Gasteiger partial charge in [-0.25, -0.2) is 0 Å². The van der Waals surface area contributed by atoms with Crippen molar-refractivity contribution >= 4 is 17.4 Å². The Bertz CT molecular complexity index is 625. The van der Waals surface area contributed by atoms with Crippen molar-refractivity contribution in [1.82, 2.24) is 10.3 Å². The minimum absolute atomic E-state index is 0.102. The summed E-state index contributed by atoms with van der Waals surface area (Å²) in [6.07, 6.45) is 4.76. The zero-order valence-electron chi connectivity index (χ0n) is 11.8. The predicted octanol–water partition coefficient (Wildman–Crippen LogP) is 3.80. The van der Waals surface area contributed by atoms with Crippen LogP contribution in [-0.2, 0) is 6.42 Å². The van der Waals surface area contributed by atoms with Gasteiger partial charge >= 0.3 is 0 Å². The van der Waals surface area contributed by atoms with Gasteiger partial charge in [-0.1, -0.05) is 35.9 Å². The number of aliphatic imine (C=N–C) groups is 1. The van der Waals surface area contributed by atoms with Gasteiger partial charge in [-0.05, 0) is 30.2 Å². The molecule has 1 N–H and O–H groups in total. The molecule has 21 heavy (non-hydrogen) atoms. The Morgan fingerprint density at radius 2 is 2.00 bits per heavy atom. The summed E-state index contributed by atoms with van der Waals surface area (Å²) in [5.41, 5.74) is 2.15. The van der Waals surface area contributed by atoms with E-state index in [-0.39, 0.29) is 6.04 Å². The number of nitrogens with one attached hydrogen (secondary N) is 1. The lowest BCUT2D eigenvalue weighted by Crippen LogP contribution is -2.29. The minimum atomic E-state index is 0.102. The Balaban J connectivity index is 1.85. The summed E-state index contributed by atoms with van der Waals surface area (Å²) in [7, 11) is 0. The molecule has 0 aliphatic carbocycles. The van der Waals surface area contributed by atoms with Crippen LogP contribution in [0.15, 0.2) is 53.7 Å². The van der Waals surface area contributed by atoms with Crippen LogP contribution in [0.1, 0.15) is 30.1 Å². The molecule has 1 aliphatic rings. The average molecular weight is 300 g/mol. The lowest BCUT2D eigenvalue weighted by molar-refractivity contribution is 0.629. The molecule has 3 rings (SSSR count). The predicted molar refractivity (Wildman–Crippen MR) is 86.8 cm³/mol. The van der Waals surface area contributed by atoms with Crippen LogP contribution in [0.5, 0.6) is 0 Å². The van der Waals surface area contributed by atoms with Crippen LogP contribution in [0.25, 0.3) is 0 Å². The minimum Gasteiger partial charge on any atom is -0.367 e. The Hall–Kier alpha value is -1.87. The maximum Gasteiger partial charge on any atom is 0.0968 e. The topological polar surface area (TPSA) is 37.3 Å². The Morgan fingerprint density at radius 1 is 1.14 bits per heavy atom. The highest BCUT2D eigenvalue weighted by molar-refractivity contribution is 6.31. The van der Waals surface area contributed by atoms with Crippen molar-refractivity contribution in [1.29, 1.82) is 0 Å². The first-order valence-electron chi connectivity index (χ1n) is 7.27. The van der Waals surface area contributed by atoms with E-state index in [1.807, 2.05) is 42.6 Å². The van der Waals surface area contributed by atoms with Crippen molar-refractivity contribution in [3.8, 4) is 0 Å². The first-order chi connectivity index (χ1) is 10.3. The first-order valence-corrected chi connectivity index (χ1v) is 7.65. The Kier molecular flexibility index (Phi) is 4.51. The number of benzene rings is 1. The normalized spacial score (nSPS) is 15.6. The number of hydrogen-bond acceptors (Lipinski definition) is 3. The van der Waals surface area contributed by atoms with E-state index in [4.69, 9.17) is 11.6 Å². The number of pyridine rings is 1. The van der Waals surface area contributed by atoms with E-state index in [9.17, 15) is 0 Å². The van der Waals surface area contributed by atoms with E-state index in [1.165, 1.54) is 0 Å². The Labute approximate surface area is 130 Å². The molecule has 1 aromatic carbocycles. The van der Waals surface area contributed by atoms with E-state index in [0.717, 1.165) is 47.9 Å². The third-order valence-electron chi connectivity index (χ3n) is 3.64. The van der Waals surface area contributed by atoms with Gasteiger partial charge in [-0.3, -0.25) is 9.98 Å². The van der Waals surface area contributed by atoms with Gasteiger partial charge in [0.25, 0.3) is 0 Å². The van der Waals surface area contributed by atoms with Crippen molar-refractivity contribution < 1.29 is 0 Å². The zero-order chi connectivity index (χ0) is 14.5. The van der Waals surface area contributed by atoms with Crippen LogP contribution in [0, 0.1) is 0 Å². The Morgan fingerprint density at radius 3 is 2.71 bits per heavy atom. The lowest BCUT2D eigenvalue weighted by atomic mass is 10.0. The third kappa shape index (κ3) is 3.61. The van der Waals surface area contributed by atoms with Crippen LogP contribution in [0.2, 0.25) is 5.02 Å². The van der Waals surface area contributed by atoms with E-state index in [0.29, 0.717) is 0 Å². The molecule has 1 aliphatic heterocycles. The number of halogens is 1. The molecule has 1 unspecified atom stereocenters. The molecule has 0 bridgehead atoms. The second-order valence-corrected chi connectivity index (χ2v) is 5.58. The fourth-order valence-electron chi connectivity index (χ4n) is 2.58. The number of rotatable bonds is 4. The smallest absolute Gasteiger partial charge is 0.0968 e. The van der Waals surface area contributed by atoms with Crippen LogP contribution in [0.3, 0.4) is 0 Å². The van der Waals surface area contributed by atoms with Gasteiger partial charge in [0.15, 0.2) is 0 Å². The molecule has 4 heteroatoms. The van der Waals surface area contributed by atoms with Gasteiger partial charge < -0.3 is 5.32 Å². The number of amidine groups is 1. The molecule has 0 spiro atoms. The highest BCUT2D eigenvalue weighted by Gasteiger charge is 2.18. The molecule has 2 heterocycles. The van der Waals surface area contributed by atoms with Crippen molar-refractivity contribution in [2.75, 3.05) is 6.54 Å². The summed E-state index contributed by atoms with van der Waals surface area (Å²) >= 11 is 6.37. The molecule has 108 valence electrons. The standard InChI is InChI=1S/C17H18ClN3/c18-15-8-2-1-7-14(15)16(21-17-9-5-11-20-17)12-13-6-3-4-10-19-13/h1-4,6-8,10,16H,5,9,11-12H2,(H,20,21). The van der Waals surface area contributed by atoms with Gasteiger partial charge in [0, 0.05) is 36.3 Å². The largest absolute Gasteiger partial charge is 0.367 e. The third-order valence-corrected chi connectivity index (χ3v) is 3.98. The maximum atomic E-state index is 6.37. The zero-order valence-corrected chi connectivity index (χ0v) is 12.6. The summed E-state index contributed by atoms with van der Waals surface area (Å²) < 4.78 is 0. The van der Waals surface area contributed by atoms with Gasteiger partial charge in [0.2, 0.25) is 0 Å². The second kappa shape index (κ2) is 6.72. The molecular formula is C17H18ClN3. The summed E-state index contributed by atoms with van der Waals surface area (Å²) in [6, 6.07) is 14.1. The SMILES string of the molecule is Clc1ccccc1C(Cc1ccccn1)NC1=NCCC1. The van der Waals surface area contributed by atoms with Crippen LogP contribution < -0.4 is 5.32 Å². The van der Waals surface area contributed by atoms with E-state index < -0.39 is 0 Å². The molecule has 0 fully saturated rings. The molecule has 2 aromatic rings. The van der Waals surface area contributed by atoms with Crippen molar-refractivity contribution in [3.05, 3.63) is 64.9 Å². The summed E-state index contributed by atoms with van der Waals surface area (Å²) in [5.74, 6) is 1.08. The van der Waals surface area contributed by atoms with Crippen molar-refractivity contribution in [3.63, 3.8) is 0 Å². The molecule has 1 atom stereocenters. The number of hydrogen-bond donors (Lipinski definition) is 1. The maximum absolute atomic E-state index is 6.37. The van der Waals surface area contributed by atoms with Crippen LogP contribution in [0.4, 0.5) is 0 Å². The van der Waals surface area contributed by atoms with Gasteiger partial charge in [0.1, 0.15) is 0 Å². The summed E-state index contributed by atoms with van der Waals surface area (Å²) in [4.78, 5) is 8.94. The molecule has 0 radical (unpaired) electrons. The van der Waals surface area contributed by atoms with Gasteiger partial charge in [-0.15, -0.1) is 0 Å². The molecule has 0 saturated heterocycles. The van der Waals surface area contributed by atoms with Crippen molar-refractivity contribution in [2.24, 2.45) is 4.99 Å². The molecule has 3 nitrogen and oxygen atoms in total. The summed E-state index contributed by atoms with van der Waals surface area (Å²) in [6.45, 7) is 0.918. The van der Waals surface area contributed by atoms with Crippen LogP contribution in [-0.4, -0.2) is 17.4 Å². The fraction of sp³-hybridized carbons (Fsp3) is 0.294. The number of nitrogens with zero attached hydrogens (tertiary/aromatic N) is 2. The quantitative estimate of drug-likeness (QED) is 0.932. The van der Waals surface area contributed by atoms with Crippen LogP contribution >= 0.6 is 11.6 Å². The summed E-state index contributed by atoms with van der Waals surface area (Å²) in [5, 5.41) is 4.33. The van der Waals surface area contributed by atoms with Gasteiger partial charge in [-0.2, -0.15) is 0 Å². The van der Waals surface area contributed by atoms with Gasteiger partial charge in [0.05, 0.1) is 11.9 Å². The molecule has 0 saturated carbocycles. The fourth-order valence-corrected chi connectivity index (χ4v) is 2.85. The lowest BCUT2D eigenvalue weighted by Gasteiger charge is -2.21. The second-order valence-electron chi connectivity index (χ2n) is 5.18. The molecule has 1 aromatic heterocycles. The van der Waals surface area contributed by atoms with E-state index in [2.05, 4.69) is 21.4 Å². The van der Waals surface area contributed by atoms with E-state index in [1.54, 1.807) is 0 Å².